The molecule has 3 aromatic carbocycles. The summed E-state index contributed by atoms with van der Waals surface area (Å²) in [5, 5.41) is 28.0. The normalized spacial score (nSPS) is 12.6. The van der Waals surface area contributed by atoms with Crippen molar-refractivity contribution in [2.45, 2.75) is 9.79 Å². The second-order valence-corrected chi connectivity index (χ2v) is 11.8. The third kappa shape index (κ3) is 8.65. The van der Waals surface area contributed by atoms with Crippen molar-refractivity contribution in [2.24, 2.45) is 21.1 Å². The number of aromatic nitrogens is 3. The third-order valence-corrected chi connectivity index (χ3v) is 7.39. The average molecular weight is 679 g/mol. The van der Waals surface area contributed by atoms with E-state index in [2.05, 4.69) is 46.3 Å². The molecule has 0 unspecified atom stereocenters. The van der Waals surface area contributed by atoms with Crippen LogP contribution in [-0.4, -0.2) is 65.5 Å². The molecule has 0 aliphatic heterocycles. The number of hydrogen-bond acceptors (Lipinski definition) is 16. The van der Waals surface area contributed by atoms with Crippen LogP contribution in [0.5, 0.6) is 5.75 Å². The van der Waals surface area contributed by atoms with E-state index in [1.54, 1.807) is 30.3 Å². The molecule has 21 heteroatoms. The van der Waals surface area contributed by atoms with Gasteiger partial charge in [0.05, 0.1) is 27.8 Å². The number of phenols is 1. The topological polar surface area (TPSA) is 290 Å². The molecule has 236 valence electrons. The van der Waals surface area contributed by atoms with E-state index in [4.69, 9.17) is 17.3 Å². The number of nitrogens with one attached hydrogen (secondary N) is 3. The number of nitrogens with two attached hydrogens (primary N) is 1. The molecule has 0 radical (unpaired) electrons. The van der Waals surface area contributed by atoms with E-state index in [1.807, 2.05) is 0 Å². The fourth-order valence-electron chi connectivity index (χ4n) is 3.46. The summed E-state index contributed by atoms with van der Waals surface area (Å²) in [4.78, 5) is 22.2. The van der Waals surface area contributed by atoms with Crippen molar-refractivity contribution in [2.75, 3.05) is 22.7 Å². The van der Waals surface area contributed by atoms with Crippen molar-refractivity contribution < 1.29 is 36.5 Å². The van der Waals surface area contributed by atoms with Crippen LogP contribution in [0.15, 0.2) is 85.8 Å². The maximum atomic E-state index is 12.1. The number of anilines is 4. The molecule has 1 heterocycles. The van der Waals surface area contributed by atoms with E-state index in [-0.39, 0.29) is 57.2 Å². The van der Waals surface area contributed by atoms with Gasteiger partial charge < -0.3 is 35.1 Å². The first-order chi connectivity index (χ1) is 21.3. The van der Waals surface area contributed by atoms with Gasteiger partial charge in [-0.15, -0.1) is 10.2 Å². The summed E-state index contributed by atoms with van der Waals surface area (Å²) in [5.74, 6) is -1.03. The molecule has 0 amide bonds. The number of aldehydes is 1. The maximum absolute atomic E-state index is 12.1. The van der Waals surface area contributed by atoms with E-state index in [0.717, 1.165) is 24.3 Å². The van der Waals surface area contributed by atoms with Crippen LogP contribution in [0.2, 0.25) is 5.28 Å². The monoisotopic (exact) mass is 678 g/mol. The van der Waals surface area contributed by atoms with E-state index in [1.165, 1.54) is 6.07 Å². The molecule has 0 fully saturated rings. The van der Waals surface area contributed by atoms with Crippen LogP contribution >= 0.6 is 22.5 Å². The average Bonchev–Trinajstić information content (AvgIpc) is 2.98. The van der Waals surface area contributed by atoms with E-state index in [9.17, 15) is 36.5 Å². The molecule has 0 aliphatic rings. The van der Waals surface area contributed by atoms with Crippen LogP contribution in [-0.2, 0) is 10.1 Å². The number of halogens is 1. The summed E-state index contributed by atoms with van der Waals surface area (Å²) in [6, 6.07) is 13.3. The van der Waals surface area contributed by atoms with Gasteiger partial charge in [0.2, 0.25) is 23.0 Å². The Balaban J connectivity index is 1.78. The van der Waals surface area contributed by atoms with Crippen molar-refractivity contribution in [3.8, 4) is 5.75 Å². The Kier molecular flexibility index (Phi) is 10.2. The van der Waals surface area contributed by atoms with Gasteiger partial charge in [0, 0.05) is 11.1 Å². The summed E-state index contributed by atoms with van der Waals surface area (Å²) in [5.41, 5.74) is 7.44. The van der Waals surface area contributed by atoms with E-state index < -0.39 is 31.6 Å². The summed E-state index contributed by atoms with van der Waals surface area (Å²) in [6.07, 6.45) is 0.432. The van der Waals surface area contributed by atoms with Gasteiger partial charge in [-0.05, 0) is 41.9 Å². The molecular weight excluding hydrogens is 656 g/mol. The Morgan fingerprint density at radius 2 is 1.62 bits per heavy atom. The van der Waals surface area contributed by atoms with Gasteiger partial charge in [0.25, 0.3) is 10.1 Å². The van der Waals surface area contributed by atoms with Crippen molar-refractivity contribution in [3.63, 3.8) is 0 Å². The van der Waals surface area contributed by atoms with Crippen LogP contribution in [0, 0.1) is 0 Å². The molecule has 45 heavy (non-hydrogen) atoms. The highest BCUT2D eigenvalue weighted by Gasteiger charge is 2.20. The maximum Gasteiger partial charge on any atom is 0.294 e. The second-order valence-electron chi connectivity index (χ2n) is 8.57. The minimum atomic E-state index is -4.82. The van der Waals surface area contributed by atoms with Crippen molar-refractivity contribution in [3.05, 3.63) is 77.1 Å². The number of nitrogens with zero attached hydrogens (tertiary/aromatic N) is 6. The van der Waals surface area contributed by atoms with Crippen molar-refractivity contribution in [1.29, 1.82) is 0 Å². The molecule has 1 aromatic heterocycles. The number of phenolic OH excluding ortho intramolecular Hbond substituents is 1. The predicted octanol–water partition coefficient (Wildman–Crippen LogP) is 4.50. The van der Waals surface area contributed by atoms with Gasteiger partial charge >= 0.3 is 0 Å². The molecule has 0 bridgehead atoms. The highest BCUT2D eigenvalue weighted by molar-refractivity contribution is 8.19. The smallest absolute Gasteiger partial charge is 0.294 e. The Morgan fingerprint density at radius 1 is 0.933 bits per heavy atom. The molecule has 18 nitrogen and oxygen atoms in total. The number of amidine groups is 1. The predicted molar refractivity (Wildman–Crippen MR) is 165 cm³/mol. The first-order valence-corrected chi connectivity index (χ1v) is 15.5. The Labute approximate surface area is 261 Å². The molecule has 10 N–H and O–H groups in total. The zero-order valence-corrected chi connectivity index (χ0v) is 24.9. The number of rotatable bonds is 11. The van der Waals surface area contributed by atoms with Gasteiger partial charge in [-0.2, -0.15) is 28.5 Å². The summed E-state index contributed by atoms with van der Waals surface area (Å²) in [7, 11) is -8.96. The van der Waals surface area contributed by atoms with Gasteiger partial charge in [-0.1, -0.05) is 30.3 Å². The summed E-state index contributed by atoms with van der Waals surface area (Å²) < 4.78 is 62.7. The lowest BCUT2D eigenvalue weighted by Crippen LogP contribution is -2.14. The number of benzene rings is 3. The van der Waals surface area contributed by atoms with Crippen LogP contribution in [0.1, 0.15) is 15.9 Å². The number of aromatic hydroxyl groups is 1. The van der Waals surface area contributed by atoms with Gasteiger partial charge in [-0.25, -0.2) is 0 Å². The molecule has 0 spiro atoms. The second kappa shape index (κ2) is 13.9. The van der Waals surface area contributed by atoms with Crippen molar-refractivity contribution >= 4 is 73.7 Å². The SMILES string of the molecule is NCNc1nc(Cl)nc(Nc2cc(S(=O)(=O)O)cc(N/N=C(\N=Nc3cc(S(O)(O)O)ccc3C=O)c3ccccc3)c2O)n1. The molecular formula is C24H23ClN10O8S2. The molecule has 0 saturated heterocycles. The van der Waals surface area contributed by atoms with Gasteiger partial charge in [-0.3, -0.25) is 14.8 Å². The number of carbonyl (C=O) groups is 1. The van der Waals surface area contributed by atoms with E-state index in [0.29, 0.717) is 11.8 Å². The molecule has 4 rings (SSSR count). The lowest BCUT2D eigenvalue weighted by molar-refractivity contribution is 0.112. The molecule has 0 aliphatic carbocycles. The largest absolute Gasteiger partial charge is 0.504 e. The summed E-state index contributed by atoms with van der Waals surface area (Å²) >= 11 is 5.91. The van der Waals surface area contributed by atoms with Gasteiger partial charge in [0.1, 0.15) is 16.6 Å². The fourth-order valence-corrected chi connectivity index (χ4v) is 4.67. The zero-order valence-electron chi connectivity index (χ0n) is 22.5. The van der Waals surface area contributed by atoms with Crippen LogP contribution < -0.4 is 21.8 Å². The fraction of sp³-hybridized carbons (Fsp3) is 0.0417. The number of carbonyl (C=O) groups excluding carboxylic acids is 1. The van der Waals surface area contributed by atoms with Crippen LogP contribution in [0.4, 0.5) is 29.0 Å². The molecule has 4 aromatic rings. The number of hydrogen-bond donors (Lipinski definition) is 9. The van der Waals surface area contributed by atoms with Crippen LogP contribution in [0.25, 0.3) is 0 Å². The highest BCUT2D eigenvalue weighted by atomic mass is 35.5. The number of azo groups is 1. The Bertz CT molecular complexity index is 1890. The van der Waals surface area contributed by atoms with Gasteiger partial charge in [0.15, 0.2) is 12.0 Å². The highest BCUT2D eigenvalue weighted by Crippen LogP contribution is 2.45. The quantitative estimate of drug-likeness (QED) is 0.0154. The molecule has 0 saturated carbocycles. The minimum Gasteiger partial charge on any atom is -0.504 e. The minimum absolute atomic E-state index is 0.0102. The first kappa shape index (κ1) is 33.1. The first-order valence-electron chi connectivity index (χ1n) is 12.2. The Morgan fingerprint density at radius 3 is 2.27 bits per heavy atom. The van der Waals surface area contributed by atoms with Crippen molar-refractivity contribution in [1.82, 2.24) is 15.0 Å². The lowest BCUT2D eigenvalue weighted by Gasteiger charge is -2.19. The zero-order chi connectivity index (χ0) is 32.8. The Hall–Kier alpha value is -4.80. The summed E-state index contributed by atoms with van der Waals surface area (Å²) in [6.45, 7) is -0.0511. The van der Waals surface area contributed by atoms with Crippen LogP contribution in [0.3, 0.4) is 0 Å². The standard InChI is InChI=1S/C24H23ClN10O8S2/c25-22-29-23(27-12-26)31-24(30-22)28-18-9-16(45(41,42)43)10-19(20(18)37)33-35-21(13-4-2-1-3-5-13)34-32-17-8-15(44(38,39)40)7-6-14(17)11-36/h1-11,33,37-40H,12,26H2,(H,41,42,43)(H2,27,28,29,30,31)/b34-32?,35-21-. The number of hydrazone groups is 1. The molecule has 0 atom stereocenters. The lowest BCUT2D eigenvalue weighted by atomic mass is 10.2. The van der Waals surface area contributed by atoms with E-state index >= 15 is 0 Å². The third-order valence-electron chi connectivity index (χ3n) is 5.51.